The molecule has 0 aliphatic rings. The van der Waals surface area contributed by atoms with Gasteiger partial charge in [-0.15, -0.1) is 11.3 Å². The van der Waals surface area contributed by atoms with Crippen molar-refractivity contribution in [1.29, 1.82) is 0 Å². The summed E-state index contributed by atoms with van der Waals surface area (Å²) in [4.78, 5) is 23.7. The molecule has 1 heterocycles. The maximum Gasteiger partial charge on any atom is 0.337 e. The Kier molecular flexibility index (Phi) is 4.41. The Labute approximate surface area is 127 Å². The minimum absolute atomic E-state index is 0.00905. The topological polar surface area (TPSA) is 75.6 Å². The molecule has 0 saturated carbocycles. The Morgan fingerprint density at radius 1 is 1.30 bits per heavy atom. The van der Waals surface area contributed by atoms with Crippen molar-refractivity contribution < 1.29 is 19.4 Å². The molecular formula is C13H10BrNO4S. The molecule has 7 heteroatoms. The molecule has 2 rings (SSSR count). The molecule has 104 valence electrons. The Morgan fingerprint density at radius 3 is 2.60 bits per heavy atom. The lowest BCUT2D eigenvalue weighted by molar-refractivity contribution is 0.0698. The molecule has 2 aromatic rings. The number of amides is 1. The molecule has 1 aromatic carbocycles. The molecule has 1 aromatic heterocycles. The van der Waals surface area contributed by atoms with Gasteiger partial charge in [0.05, 0.1) is 27.0 Å². The van der Waals surface area contributed by atoms with Gasteiger partial charge in [-0.2, -0.15) is 0 Å². The lowest BCUT2D eigenvalue weighted by Gasteiger charge is -2.09. The van der Waals surface area contributed by atoms with Crippen LogP contribution in [0.15, 0.2) is 34.1 Å². The van der Waals surface area contributed by atoms with Crippen LogP contribution in [0, 0.1) is 0 Å². The van der Waals surface area contributed by atoms with Gasteiger partial charge in [-0.3, -0.25) is 4.79 Å². The molecule has 0 fully saturated rings. The lowest BCUT2D eigenvalue weighted by atomic mass is 10.1. The minimum atomic E-state index is -1.12. The second-order valence-electron chi connectivity index (χ2n) is 3.77. The summed E-state index contributed by atoms with van der Waals surface area (Å²) in [5.41, 5.74) is 0.209. The predicted molar refractivity (Wildman–Crippen MR) is 79.9 cm³/mol. The Bertz CT molecular complexity index is 668. The summed E-state index contributed by atoms with van der Waals surface area (Å²) in [7, 11) is 1.47. The van der Waals surface area contributed by atoms with E-state index in [1.54, 1.807) is 12.1 Å². The van der Waals surface area contributed by atoms with E-state index in [4.69, 9.17) is 9.84 Å². The summed E-state index contributed by atoms with van der Waals surface area (Å²) in [6, 6.07) is 7.81. The summed E-state index contributed by atoms with van der Waals surface area (Å²) in [5.74, 6) is -1.01. The minimum Gasteiger partial charge on any atom is -0.497 e. The fourth-order valence-corrected chi connectivity index (χ4v) is 2.84. The molecule has 1 amide bonds. The predicted octanol–water partition coefficient (Wildman–Crippen LogP) is 3.47. The van der Waals surface area contributed by atoms with Crippen LogP contribution >= 0.6 is 27.3 Å². The van der Waals surface area contributed by atoms with Gasteiger partial charge in [0.2, 0.25) is 0 Å². The average Bonchev–Trinajstić information content (AvgIpc) is 2.85. The lowest BCUT2D eigenvalue weighted by Crippen LogP contribution is -2.13. The number of ether oxygens (including phenoxy) is 1. The Morgan fingerprint density at radius 2 is 2.05 bits per heavy atom. The van der Waals surface area contributed by atoms with Crippen molar-refractivity contribution in [2.45, 2.75) is 0 Å². The van der Waals surface area contributed by atoms with Crippen molar-refractivity contribution in [3.63, 3.8) is 0 Å². The van der Waals surface area contributed by atoms with Gasteiger partial charge in [0.1, 0.15) is 5.75 Å². The number of carboxylic acid groups (broad SMARTS) is 1. The number of carbonyl (C=O) groups excluding carboxylic acids is 1. The van der Waals surface area contributed by atoms with Crippen molar-refractivity contribution in [1.82, 2.24) is 0 Å². The molecule has 0 aliphatic carbocycles. The number of nitrogens with one attached hydrogen (secondary N) is 1. The highest BCUT2D eigenvalue weighted by molar-refractivity contribution is 9.11. The van der Waals surface area contributed by atoms with Crippen LogP contribution in [0.25, 0.3) is 0 Å². The zero-order valence-corrected chi connectivity index (χ0v) is 12.7. The smallest absolute Gasteiger partial charge is 0.337 e. The van der Waals surface area contributed by atoms with Crippen molar-refractivity contribution in [3.05, 3.63) is 44.6 Å². The van der Waals surface area contributed by atoms with Crippen LogP contribution in [-0.2, 0) is 0 Å². The summed E-state index contributed by atoms with van der Waals surface area (Å²) in [6.45, 7) is 0. The molecule has 0 aliphatic heterocycles. The van der Waals surface area contributed by atoms with Crippen LogP contribution < -0.4 is 10.1 Å². The molecule has 0 spiro atoms. The van der Waals surface area contributed by atoms with E-state index in [1.165, 1.54) is 36.6 Å². The number of carboxylic acids is 1. The zero-order chi connectivity index (χ0) is 14.7. The van der Waals surface area contributed by atoms with E-state index in [1.807, 2.05) is 0 Å². The summed E-state index contributed by atoms with van der Waals surface area (Å²) < 4.78 is 5.86. The summed E-state index contributed by atoms with van der Waals surface area (Å²) >= 11 is 4.54. The van der Waals surface area contributed by atoms with Crippen LogP contribution in [0.1, 0.15) is 20.0 Å². The molecule has 0 radical (unpaired) electrons. The highest BCUT2D eigenvalue weighted by Gasteiger charge is 2.15. The van der Waals surface area contributed by atoms with Crippen LogP contribution in [0.3, 0.4) is 0 Å². The molecule has 20 heavy (non-hydrogen) atoms. The monoisotopic (exact) mass is 355 g/mol. The van der Waals surface area contributed by atoms with E-state index in [0.717, 1.165) is 3.79 Å². The van der Waals surface area contributed by atoms with Gasteiger partial charge in [0.25, 0.3) is 5.91 Å². The maximum absolute atomic E-state index is 12.0. The molecular weight excluding hydrogens is 346 g/mol. The van der Waals surface area contributed by atoms with Crippen LogP contribution in [0.5, 0.6) is 5.75 Å². The molecule has 0 bridgehead atoms. The Hall–Kier alpha value is -1.86. The largest absolute Gasteiger partial charge is 0.497 e. The second kappa shape index (κ2) is 6.06. The summed E-state index contributed by atoms with van der Waals surface area (Å²) in [5, 5.41) is 11.7. The number of anilines is 1. The summed E-state index contributed by atoms with van der Waals surface area (Å²) in [6.07, 6.45) is 0. The van der Waals surface area contributed by atoms with Gasteiger partial charge in [-0.25, -0.2) is 4.79 Å². The van der Waals surface area contributed by atoms with E-state index < -0.39 is 5.97 Å². The van der Waals surface area contributed by atoms with E-state index in [-0.39, 0.29) is 17.2 Å². The van der Waals surface area contributed by atoms with Crippen molar-refractivity contribution >= 4 is 44.8 Å². The third-order valence-electron chi connectivity index (χ3n) is 2.50. The molecule has 0 unspecified atom stereocenters. The average molecular weight is 356 g/mol. The SMILES string of the molecule is COc1ccc(C(=O)O)c(NC(=O)c2ccc(Br)s2)c1. The standard InChI is InChI=1S/C13H10BrNO4S/c1-19-7-2-3-8(13(17)18)9(6-7)15-12(16)10-4-5-11(14)20-10/h2-6H,1H3,(H,15,16)(H,17,18). The van der Waals surface area contributed by atoms with Crippen molar-refractivity contribution in [2.24, 2.45) is 0 Å². The highest BCUT2D eigenvalue weighted by Crippen LogP contribution is 2.26. The number of thiophene rings is 1. The third kappa shape index (κ3) is 3.17. The number of carbonyl (C=O) groups is 2. The number of hydrogen-bond donors (Lipinski definition) is 2. The number of hydrogen-bond acceptors (Lipinski definition) is 4. The Balaban J connectivity index is 2.31. The van der Waals surface area contributed by atoms with Gasteiger partial charge in [0, 0.05) is 6.07 Å². The fourth-order valence-electron chi connectivity index (χ4n) is 1.56. The fraction of sp³-hybridized carbons (Fsp3) is 0.0769. The van der Waals surface area contributed by atoms with Crippen molar-refractivity contribution in [2.75, 3.05) is 12.4 Å². The highest BCUT2D eigenvalue weighted by atomic mass is 79.9. The van der Waals surface area contributed by atoms with Gasteiger partial charge in [-0.1, -0.05) is 0 Å². The van der Waals surface area contributed by atoms with Crippen LogP contribution in [0.4, 0.5) is 5.69 Å². The number of benzene rings is 1. The second-order valence-corrected chi connectivity index (χ2v) is 6.24. The number of aromatic carboxylic acids is 1. The first-order valence-electron chi connectivity index (χ1n) is 5.49. The van der Waals surface area contributed by atoms with E-state index in [9.17, 15) is 9.59 Å². The first-order chi connectivity index (χ1) is 9.51. The molecule has 5 nitrogen and oxygen atoms in total. The van der Waals surface area contributed by atoms with Gasteiger partial charge >= 0.3 is 5.97 Å². The van der Waals surface area contributed by atoms with E-state index in [0.29, 0.717) is 10.6 Å². The van der Waals surface area contributed by atoms with Gasteiger partial charge < -0.3 is 15.2 Å². The molecule has 0 saturated heterocycles. The molecule has 2 N–H and O–H groups in total. The van der Waals surface area contributed by atoms with Gasteiger partial charge in [-0.05, 0) is 40.2 Å². The van der Waals surface area contributed by atoms with E-state index in [2.05, 4.69) is 21.2 Å². The first kappa shape index (κ1) is 14.5. The normalized spacial score (nSPS) is 10.1. The number of rotatable bonds is 4. The number of halogens is 1. The van der Waals surface area contributed by atoms with Crippen LogP contribution in [0.2, 0.25) is 0 Å². The van der Waals surface area contributed by atoms with Gasteiger partial charge in [0.15, 0.2) is 0 Å². The molecule has 0 atom stereocenters. The quantitative estimate of drug-likeness (QED) is 0.880. The number of methoxy groups -OCH3 is 1. The first-order valence-corrected chi connectivity index (χ1v) is 7.10. The van der Waals surface area contributed by atoms with E-state index >= 15 is 0 Å². The van der Waals surface area contributed by atoms with Crippen molar-refractivity contribution in [3.8, 4) is 5.75 Å². The zero-order valence-electron chi connectivity index (χ0n) is 10.3. The van der Waals surface area contributed by atoms with Crippen LogP contribution in [-0.4, -0.2) is 24.1 Å². The third-order valence-corrected chi connectivity index (χ3v) is 4.12. The maximum atomic E-state index is 12.0.